The summed E-state index contributed by atoms with van der Waals surface area (Å²) < 4.78 is 0. The van der Waals surface area contributed by atoms with E-state index in [-0.39, 0.29) is 36.6 Å². The molecule has 0 aromatic heterocycles. The van der Waals surface area contributed by atoms with Crippen LogP contribution in [0, 0.1) is 14.9 Å². The Balaban J connectivity index is -0.00000000667. The molecule has 0 atom stereocenters. The molecule has 0 unspecified atom stereocenters. The van der Waals surface area contributed by atoms with Crippen molar-refractivity contribution in [1.82, 2.24) is 0 Å². The molecule has 0 rings (SSSR count). The predicted molar refractivity (Wildman–Crippen MR) is 33.0 cm³/mol. The predicted octanol–water partition coefficient (Wildman–Crippen LogP) is 0.393. The first-order chi connectivity index (χ1) is 1.41. The second kappa shape index (κ2) is 44.3. The van der Waals surface area contributed by atoms with Crippen LogP contribution in [0.3, 0.4) is 0 Å². The zero-order chi connectivity index (χ0) is 2.71. The van der Waals surface area contributed by atoms with E-state index in [1.807, 2.05) is 5.70 Å². The maximum absolute atomic E-state index is 3.42. The molecule has 2 heteroatoms. The summed E-state index contributed by atoms with van der Waals surface area (Å²) in [5.41, 5.74) is 1.89. The second-order valence-corrected chi connectivity index (χ2v) is 1.22. The Morgan fingerprint density at radius 3 is 1.33 bits per heavy atom. The van der Waals surface area contributed by atoms with E-state index in [0.717, 1.165) is 10.2 Å². The van der Waals surface area contributed by atoms with Crippen molar-refractivity contribution in [3.05, 3.63) is 27.1 Å². The third kappa shape index (κ3) is 140. The van der Waals surface area contributed by atoms with Crippen LogP contribution in [0.2, 0.25) is 0 Å². The van der Waals surface area contributed by atoms with Gasteiger partial charge < -0.3 is 14.9 Å². The minimum atomic E-state index is 0. The van der Waals surface area contributed by atoms with E-state index in [1.165, 1.54) is 0 Å². The summed E-state index contributed by atoms with van der Waals surface area (Å²) in [5.74, 6) is 0. The van der Waals surface area contributed by atoms with E-state index in [1.54, 1.807) is 0 Å². The van der Waals surface area contributed by atoms with E-state index >= 15 is 0 Å². The maximum Gasteiger partial charge on any atom is 2.00 e. The van der Waals surface area contributed by atoms with Crippen molar-refractivity contribution in [2.75, 3.05) is 0 Å². The van der Waals surface area contributed by atoms with Gasteiger partial charge in [0.25, 0.3) is 0 Å². The Morgan fingerprint density at radius 1 is 1.33 bits per heavy atom. The van der Waals surface area contributed by atoms with Gasteiger partial charge in [-0.25, -0.2) is 0 Å². The molecule has 0 aromatic carbocycles. The minimum Gasteiger partial charge on any atom is -0.358 e. The second-order valence-electron chi connectivity index (χ2n) is 0.408. The Morgan fingerprint density at radius 2 is 1.33 bits per heavy atom. The molecule has 0 N–H and O–H groups in total. The van der Waals surface area contributed by atoms with Gasteiger partial charge in [0.2, 0.25) is 0 Å². The van der Waals surface area contributed by atoms with Crippen LogP contribution < -0.4 is 0 Å². The molecule has 0 bridgehead atoms. The monoisotopic (exact) mass is 136 g/mol. The van der Waals surface area contributed by atoms with Gasteiger partial charge in [-0.3, -0.25) is 0 Å². The zero-order valence-electron chi connectivity index (χ0n) is 4.78. The summed E-state index contributed by atoms with van der Waals surface area (Å²) in [7, 11) is 1.13. The maximum atomic E-state index is 3.42. The summed E-state index contributed by atoms with van der Waals surface area (Å²) in [5, 5.41) is 0. The molecule has 36 valence electrons. The van der Waals surface area contributed by atoms with Crippen molar-refractivity contribution in [3.63, 3.8) is 0 Å². The minimum absolute atomic E-state index is 0. The molecule has 0 aliphatic heterocycles. The van der Waals surface area contributed by atoms with Crippen molar-refractivity contribution < 1.29 is 21.7 Å². The molecule has 0 nitrogen and oxygen atoms in total. The van der Waals surface area contributed by atoms with Gasteiger partial charge >= 0.3 is 21.7 Å². The standard InChI is InChI=1S/C2H6Si.2CH3.Ti/c1-2-3;;;/h2H,1H2,3H3;2*1H3;/q;2*-1;+2. The van der Waals surface area contributed by atoms with Crippen LogP contribution in [0.1, 0.15) is 0 Å². The van der Waals surface area contributed by atoms with Crippen LogP contribution in [-0.4, -0.2) is 10.2 Å². The van der Waals surface area contributed by atoms with Gasteiger partial charge in [0.05, 0.1) is 0 Å². The van der Waals surface area contributed by atoms with Gasteiger partial charge in [0.1, 0.15) is 0 Å². The number of rotatable bonds is 0. The van der Waals surface area contributed by atoms with Gasteiger partial charge in [-0.1, -0.05) is 0 Å². The van der Waals surface area contributed by atoms with Gasteiger partial charge in [-0.15, -0.1) is 12.3 Å². The average Bonchev–Trinajstić information content (AvgIpc) is 0.918. The molecule has 0 aromatic rings. The normalized spacial score (nSPS) is 2.67. The SMILES string of the molecule is C=C[SiH3].[CH3-].[CH3-].[Ti+2]. The van der Waals surface area contributed by atoms with Crippen LogP contribution in [0.4, 0.5) is 0 Å². The van der Waals surface area contributed by atoms with E-state index in [0.29, 0.717) is 0 Å². The van der Waals surface area contributed by atoms with Crippen LogP contribution in [0.15, 0.2) is 12.3 Å². The van der Waals surface area contributed by atoms with Gasteiger partial charge in [-0.05, 0) is 0 Å². The van der Waals surface area contributed by atoms with Crippen LogP contribution in [0.25, 0.3) is 0 Å². The fourth-order valence-electron chi connectivity index (χ4n) is 0. The molecule has 0 saturated heterocycles. The first-order valence-corrected chi connectivity index (χ1v) is 2.14. The van der Waals surface area contributed by atoms with E-state index in [2.05, 4.69) is 6.58 Å². The molecule has 0 fully saturated rings. The van der Waals surface area contributed by atoms with Crippen molar-refractivity contribution in [3.8, 4) is 0 Å². The number of hydrogen-bond acceptors (Lipinski definition) is 0. The van der Waals surface area contributed by atoms with E-state index < -0.39 is 0 Å². The van der Waals surface area contributed by atoms with Crippen LogP contribution in [-0.2, 0) is 21.7 Å². The van der Waals surface area contributed by atoms with Crippen molar-refractivity contribution >= 4 is 10.2 Å². The van der Waals surface area contributed by atoms with Crippen molar-refractivity contribution in [1.29, 1.82) is 0 Å². The molecule has 0 radical (unpaired) electrons. The third-order valence-electron chi connectivity index (χ3n) is 0. The molecular weight excluding hydrogens is 124 g/mol. The largest absolute Gasteiger partial charge is 2.00 e. The Kier molecular flexibility index (Phi) is 222. The molecule has 0 amide bonds. The fraction of sp³-hybridized carbons (Fsp3) is 0. The average molecular weight is 136 g/mol. The Labute approximate surface area is 59.3 Å². The van der Waals surface area contributed by atoms with Crippen molar-refractivity contribution in [2.45, 2.75) is 0 Å². The van der Waals surface area contributed by atoms with E-state index in [9.17, 15) is 0 Å². The molecule has 0 aliphatic carbocycles. The quantitative estimate of drug-likeness (QED) is 0.334. The smallest absolute Gasteiger partial charge is 0.358 e. The summed E-state index contributed by atoms with van der Waals surface area (Å²) in [6, 6.07) is 0. The van der Waals surface area contributed by atoms with Gasteiger partial charge in [-0.2, -0.15) is 0 Å². The van der Waals surface area contributed by atoms with Gasteiger partial charge in [0.15, 0.2) is 0 Å². The zero-order valence-corrected chi connectivity index (χ0v) is 8.35. The summed E-state index contributed by atoms with van der Waals surface area (Å²) >= 11 is 0. The molecule has 6 heavy (non-hydrogen) atoms. The molecular formula is C4H12SiTi. The molecule has 0 aliphatic rings. The topological polar surface area (TPSA) is 0 Å². The van der Waals surface area contributed by atoms with Crippen LogP contribution in [0.5, 0.6) is 0 Å². The Bertz CT molecular complexity index is 15.0. The van der Waals surface area contributed by atoms with Crippen molar-refractivity contribution in [2.24, 2.45) is 0 Å². The van der Waals surface area contributed by atoms with Crippen LogP contribution >= 0.6 is 0 Å². The summed E-state index contributed by atoms with van der Waals surface area (Å²) in [4.78, 5) is 0. The molecule has 0 spiro atoms. The summed E-state index contributed by atoms with van der Waals surface area (Å²) in [6.07, 6.45) is 0. The fourth-order valence-corrected chi connectivity index (χ4v) is 0. The number of hydrogen-bond donors (Lipinski definition) is 0. The van der Waals surface area contributed by atoms with Gasteiger partial charge in [0, 0.05) is 10.2 Å². The molecule has 0 heterocycles. The van der Waals surface area contributed by atoms with E-state index in [4.69, 9.17) is 0 Å². The first-order valence-electron chi connectivity index (χ1n) is 0.986. The third-order valence-corrected chi connectivity index (χ3v) is 0. The summed E-state index contributed by atoms with van der Waals surface area (Å²) in [6.45, 7) is 3.42. The Hall–Kier alpha value is 0.671. The first kappa shape index (κ1) is 30.1. The molecule has 0 saturated carbocycles.